The second-order valence-corrected chi connectivity index (χ2v) is 3.96. The van der Waals surface area contributed by atoms with Crippen LogP contribution in [-0.4, -0.2) is 63.4 Å². The van der Waals surface area contributed by atoms with Crippen LogP contribution < -0.4 is 5.32 Å². The predicted octanol–water partition coefficient (Wildman–Crippen LogP) is -2.50. The van der Waals surface area contributed by atoms with Gasteiger partial charge in [0, 0.05) is 18.9 Å². The molecule has 0 saturated carbocycles. The summed E-state index contributed by atoms with van der Waals surface area (Å²) in [7, 11) is 0. The van der Waals surface area contributed by atoms with Crippen LogP contribution in [0.2, 0.25) is 0 Å². The highest BCUT2D eigenvalue weighted by atomic mass is 16.4. The van der Waals surface area contributed by atoms with Gasteiger partial charge < -0.3 is 30.5 Å². The molecule has 0 rings (SSSR count). The molecular weight excluding hydrogens is 246 g/mol. The van der Waals surface area contributed by atoms with Gasteiger partial charge in [-0.1, -0.05) is 6.92 Å². The first-order valence-corrected chi connectivity index (χ1v) is 5.28. The van der Waals surface area contributed by atoms with Gasteiger partial charge in [-0.05, 0) is 0 Å². The summed E-state index contributed by atoms with van der Waals surface area (Å²) in [5.74, 6) is -2.68. The zero-order valence-electron chi connectivity index (χ0n) is 9.81. The molecule has 5 N–H and O–H groups in total. The Morgan fingerprint density at radius 2 is 1.83 bits per heavy atom. The fourth-order valence-corrected chi connectivity index (χ4v) is 1.11. The minimum absolute atomic E-state index is 0.0756. The normalized spacial score (nSPS) is 17.3. The van der Waals surface area contributed by atoms with Gasteiger partial charge in [0.05, 0.1) is 0 Å². The molecule has 0 radical (unpaired) electrons. The van der Waals surface area contributed by atoms with E-state index in [9.17, 15) is 24.6 Å². The Morgan fingerprint density at radius 1 is 1.28 bits per heavy atom. The van der Waals surface area contributed by atoms with Crippen LogP contribution in [0.1, 0.15) is 13.3 Å². The van der Waals surface area contributed by atoms with E-state index < -0.39 is 42.7 Å². The van der Waals surface area contributed by atoms with Crippen LogP contribution in [0.3, 0.4) is 0 Å². The zero-order valence-corrected chi connectivity index (χ0v) is 9.81. The molecule has 0 aromatic carbocycles. The van der Waals surface area contributed by atoms with Gasteiger partial charge in [0.2, 0.25) is 5.91 Å². The summed E-state index contributed by atoms with van der Waals surface area (Å²) >= 11 is 0. The van der Waals surface area contributed by atoms with Gasteiger partial charge in [0.25, 0.3) is 0 Å². The van der Waals surface area contributed by atoms with Crippen LogP contribution in [0.5, 0.6) is 0 Å². The highest BCUT2D eigenvalue weighted by molar-refractivity contribution is 5.79. The van der Waals surface area contributed by atoms with Crippen molar-refractivity contribution in [2.45, 2.75) is 31.7 Å². The fourth-order valence-electron chi connectivity index (χ4n) is 1.11. The van der Waals surface area contributed by atoms with E-state index in [1.807, 2.05) is 0 Å². The van der Waals surface area contributed by atoms with E-state index in [0.717, 1.165) is 0 Å². The Morgan fingerprint density at radius 3 is 2.28 bits per heavy atom. The number of nitrogens with one attached hydrogen (secondary N) is 1. The molecule has 8 heteroatoms. The molecule has 1 amide bonds. The summed E-state index contributed by atoms with van der Waals surface area (Å²) in [5.41, 5.74) is 0. The topological polar surface area (TPSA) is 144 Å². The molecule has 0 spiro atoms. The second kappa shape index (κ2) is 7.75. The summed E-state index contributed by atoms with van der Waals surface area (Å²) in [6.45, 7) is 1.11. The molecule has 0 aliphatic carbocycles. The molecule has 0 fully saturated rings. The molecule has 4 atom stereocenters. The van der Waals surface area contributed by atoms with Crippen LogP contribution in [0, 0.1) is 5.92 Å². The van der Waals surface area contributed by atoms with Crippen molar-refractivity contribution >= 4 is 18.2 Å². The smallest absolute Gasteiger partial charge is 0.335 e. The van der Waals surface area contributed by atoms with Crippen molar-refractivity contribution in [3.05, 3.63) is 0 Å². The Balaban J connectivity index is 4.09. The SMILES string of the molecule is C[C@H](C=O)CC(=O)NC[C@H](O)[C@@H](O)[C@@H](O)C(=O)O. The number of aliphatic hydroxyl groups excluding tert-OH is 3. The maximum Gasteiger partial charge on any atom is 0.335 e. The van der Waals surface area contributed by atoms with Crippen molar-refractivity contribution in [3.8, 4) is 0 Å². The van der Waals surface area contributed by atoms with Crippen LogP contribution in [0.4, 0.5) is 0 Å². The van der Waals surface area contributed by atoms with Crippen LogP contribution >= 0.6 is 0 Å². The van der Waals surface area contributed by atoms with Gasteiger partial charge in [-0.3, -0.25) is 4.79 Å². The van der Waals surface area contributed by atoms with Gasteiger partial charge in [-0.2, -0.15) is 0 Å². The summed E-state index contributed by atoms with van der Waals surface area (Å²) in [6.07, 6.45) is -5.14. The molecule has 0 saturated heterocycles. The number of hydrogen-bond donors (Lipinski definition) is 5. The second-order valence-electron chi connectivity index (χ2n) is 3.96. The van der Waals surface area contributed by atoms with Gasteiger partial charge >= 0.3 is 5.97 Å². The Hall–Kier alpha value is -1.51. The molecule has 0 aliphatic heterocycles. The van der Waals surface area contributed by atoms with Crippen LogP contribution in [0.15, 0.2) is 0 Å². The lowest BCUT2D eigenvalue weighted by molar-refractivity contribution is -0.157. The van der Waals surface area contributed by atoms with Crippen molar-refractivity contribution < 1.29 is 34.8 Å². The maximum atomic E-state index is 11.2. The molecule has 0 unspecified atom stereocenters. The van der Waals surface area contributed by atoms with E-state index in [0.29, 0.717) is 6.29 Å². The first-order chi connectivity index (χ1) is 8.29. The van der Waals surface area contributed by atoms with Gasteiger partial charge in [-0.25, -0.2) is 4.79 Å². The van der Waals surface area contributed by atoms with E-state index in [-0.39, 0.29) is 6.42 Å². The quantitative estimate of drug-likeness (QED) is 0.304. The van der Waals surface area contributed by atoms with Crippen molar-refractivity contribution in [3.63, 3.8) is 0 Å². The Labute approximate surface area is 103 Å². The molecule has 0 aromatic rings. The third-order valence-electron chi connectivity index (χ3n) is 2.22. The van der Waals surface area contributed by atoms with E-state index in [1.54, 1.807) is 0 Å². The number of aldehydes is 1. The highest BCUT2D eigenvalue weighted by Gasteiger charge is 2.30. The Bertz CT molecular complexity index is 307. The third-order valence-corrected chi connectivity index (χ3v) is 2.22. The molecule has 104 valence electrons. The number of aliphatic carboxylic acids is 1. The van der Waals surface area contributed by atoms with Gasteiger partial charge in [-0.15, -0.1) is 0 Å². The largest absolute Gasteiger partial charge is 0.479 e. The van der Waals surface area contributed by atoms with E-state index >= 15 is 0 Å². The number of carbonyl (C=O) groups excluding carboxylic acids is 2. The first kappa shape index (κ1) is 16.5. The standard InChI is InChI=1S/C10H17NO7/c1-5(4-12)2-7(14)11-3-6(13)8(15)9(16)10(17)18/h4-6,8-9,13,15-16H,2-3H2,1H3,(H,11,14)(H,17,18)/t5-,6-,8+,9+/m0/s1. The van der Waals surface area contributed by atoms with Crippen molar-refractivity contribution in [2.24, 2.45) is 5.92 Å². The molecule has 0 aliphatic rings. The van der Waals surface area contributed by atoms with Crippen molar-refractivity contribution in [1.29, 1.82) is 0 Å². The molecule has 0 heterocycles. The molecule has 0 aromatic heterocycles. The summed E-state index contributed by atoms with van der Waals surface area (Å²) in [4.78, 5) is 31.8. The van der Waals surface area contributed by atoms with Gasteiger partial charge in [0.15, 0.2) is 6.10 Å². The number of rotatable bonds is 8. The maximum absolute atomic E-state index is 11.2. The monoisotopic (exact) mass is 263 g/mol. The minimum Gasteiger partial charge on any atom is -0.479 e. The molecule has 18 heavy (non-hydrogen) atoms. The third kappa shape index (κ3) is 5.71. The number of aliphatic hydroxyl groups is 3. The average Bonchev–Trinajstić information content (AvgIpc) is 2.33. The first-order valence-electron chi connectivity index (χ1n) is 5.28. The fraction of sp³-hybridized carbons (Fsp3) is 0.700. The molecular formula is C10H17NO7. The highest BCUT2D eigenvalue weighted by Crippen LogP contribution is 2.01. The van der Waals surface area contributed by atoms with Crippen molar-refractivity contribution in [2.75, 3.05) is 6.54 Å². The lowest BCUT2D eigenvalue weighted by Gasteiger charge is -2.20. The lowest BCUT2D eigenvalue weighted by Crippen LogP contribution is -2.47. The number of hydrogen-bond acceptors (Lipinski definition) is 6. The van der Waals surface area contributed by atoms with Gasteiger partial charge in [0.1, 0.15) is 18.5 Å². The van der Waals surface area contributed by atoms with E-state index in [2.05, 4.69) is 5.32 Å². The summed E-state index contributed by atoms with van der Waals surface area (Å²) in [5, 5.41) is 38.1. The molecule has 0 bridgehead atoms. The zero-order chi connectivity index (χ0) is 14.3. The summed E-state index contributed by atoms with van der Waals surface area (Å²) < 4.78 is 0. The number of carbonyl (C=O) groups is 3. The lowest BCUT2D eigenvalue weighted by atomic mass is 10.1. The summed E-state index contributed by atoms with van der Waals surface area (Å²) in [6, 6.07) is 0. The number of carboxylic acid groups (broad SMARTS) is 1. The number of carboxylic acids is 1. The Kier molecular flexibility index (Phi) is 7.10. The minimum atomic E-state index is -2.13. The number of amides is 1. The van der Waals surface area contributed by atoms with Crippen LogP contribution in [0.25, 0.3) is 0 Å². The molecule has 8 nitrogen and oxygen atoms in total. The average molecular weight is 263 g/mol. The van der Waals surface area contributed by atoms with Crippen LogP contribution in [-0.2, 0) is 14.4 Å². The van der Waals surface area contributed by atoms with Crippen molar-refractivity contribution in [1.82, 2.24) is 5.32 Å². The van der Waals surface area contributed by atoms with E-state index in [4.69, 9.17) is 10.2 Å². The predicted molar refractivity (Wildman–Crippen MR) is 58.5 cm³/mol. The van der Waals surface area contributed by atoms with E-state index in [1.165, 1.54) is 6.92 Å².